The minimum absolute atomic E-state index is 0.0237. The SMILES string of the molecule is N=C(c1ccccn1)N1CCN(C(=O)C(=O)c2c[nH]c3c(-n4ccnn4)ncc(F)c23)CC1. The van der Waals surface area contributed by atoms with Crippen molar-refractivity contribution >= 4 is 28.4 Å². The average molecular weight is 447 g/mol. The van der Waals surface area contributed by atoms with Crippen LogP contribution in [0.2, 0.25) is 0 Å². The Kier molecular flexibility index (Phi) is 5.09. The molecule has 1 aliphatic heterocycles. The molecule has 1 aliphatic rings. The Labute approximate surface area is 186 Å². The van der Waals surface area contributed by atoms with Crippen LogP contribution in [-0.4, -0.2) is 83.5 Å². The van der Waals surface area contributed by atoms with Crippen LogP contribution in [0.15, 0.2) is 49.2 Å². The minimum Gasteiger partial charge on any atom is -0.357 e. The highest BCUT2D eigenvalue weighted by Crippen LogP contribution is 2.26. The van der Waals surface area contributed by atoms with E-state index in [1.54, 1.807) is 29.3 Å². The van der Waals surface area contributed by atoms with E-state index in [0.717, 1.165) is 6.20 Å². The van der Waals surface area contributed by atoms with Crippen molar-refractivity contribution in [1.82, 2.24) is 39.7 Å². The van der Waals surface area contributed by atoms with E-state index >= 15 is 0 Å². The van der Waals surface area contributed by atoms with Gasteiger partial charge in [0, 0.05) is 38.6 Å². The van der Waals surface area contributed by atoms with Gasteiger partial charge in [0.25, 0.3) is 11.7 Å². The normalized spacial score (nSPS) is 14.0. The van der Waals surface area contributed by atoms with Gasteiger partial charge in [-0.2, -0.15) is 0 Å². The standard InChI is InChI=1S/C21H18FN9O2/c22-14-12-26-20(31-6-5-27-28-31)17-16(14)13(11-25-17)18(32)21(33)30-9-7-29(8-10-30)19(23)15-3-1-2-4-24-15/h1-6,11-12,23,25H,7-10H2. The van der Waals surface area contributed by atoms with E-state index < -0.39 is 17.5 Å². The van der Waals surface area contributed by atoms with Crippen molar-refractivity contribution in [3.8, 4) is 5.82 Å². The number of ketones is 1. The van der Waals surface area contributed by atoms with Gasteiger partial charge in [-0.05, 0) is 12.1 Å². The van der Waals surface area contributed by atoms with Crippen LogP contribution in [0.3, 0.4) is 0 Å². The summed E-state index contributed by atoms with van der Waals surface area (Å²) in [5, 5.41) is 15.9. The first-order chi connectivity index (χ1) is 16.0. The number of Topliss-reactive ketones (excluding diaryl/α,β-unsaturated/α-hetero) is 1. The number of halogens is 1. The third-order valence-corrected chi connectivity index (χ3v) is 5.51. The molecule has 11 nitrogen and oxygen atoms in total. The van der Waals surface area contributed by atoms with Crippen molar-refractivity contribution in [2.24, 2.45) is 0 Å². The van der Waals surface area contributed by atoms with Crippen LogP contribution in [-0.2, 0) is 4.79 Å². The fourth-order valence-electron chi connectivity index (χ4n) is 3.83. The Morgan fingerprint density at radius 2 is 1.85 bits per heavy atom. The lowest BCUT2D eigenvalue weighted by atomic mass is 10.1. The summed E-state index contributed by atoms with van der Waals surface area (Å²) in [6.45, 7) is 1.29. The third kappa shape index (κ3) is 3.60. The van der Waals surface area contributed by atoms with E-state index in [1.165, 1.54) is 28.2 Å². The molecule has 0 bridgehead atoms. The van der Waals surface area contributed by atoms with Gasteiger partial charge in [-0.1, -0.05) is 11.3 Å². The molecule has 0 unspecified atom stereocenters. The molecule has 0 saturated carbocycles. The molecule has 0 spiro atoms. The molecule has 1 amide bonds. The predicted octanol–water partition coefficient (Wildman–Crippen LogP) is 1.03. The summed E-state index contributed by atoms with van der Waals surface area (Å²) in [6, 6.07) is 5.33. The van der Waals surface area contributed by atoms with Crippen LogP contribution < -0.4 is 0 Å². The van der Waals surface area contributed by atoms with E-state index in [4.69, 9.17) is 5.41 Å². The molecule has 5 heterocycles. The van der Waals surface area contributed by atoms with E-state index in [1.807, 2.05) is 0 Å². The van der Waals surface area contributed by atoms with Gasteiger partial charge in [-0.15, -0.1) is 5.10 Å². The van der Waals surface area contributed by atoms with Gasteiger partial charge in [0.1, 0.15) is 11.5 Å². The van der Waals surface area contributed by atoms with Crippen LogP contribution in [0.5, 0.6) is 0 Å². The Balaban J connectivity index is 1.34. The smallest absolute Gasteiger partial charge is 0.295 e. The number of carbonyl (C=O) groups is 2. The molecule has 0 radical (unpaired) electrons. The summed E-state index contributed by atoms with van der Waals surface area (Å²) >= 11 is 0. The summed E-state index contributed by atoms with van der Waals surface area (Å²) in [5.41, 5.74) is 0.713. The highest BCUT2D eigenvalue weighted by molar-refractivity contribution is 6.45. The van der Waals surface area contributed by atoms with Crippen LogP contribution in [0.4, 0.5) is 4.39 Å². The Morgan fingerprint density at radius 3 is 2.55 bits per heavy atom. The molecule has 2 N–H and O–H groups in total. The Morgan fingerprint density at radius 1 is 1.06 bits per heavy atom. The van der Waals surface area contributed by atoms with Crippen molar-refractivity contribution in [3.05, 3.63) is 66.3 Å². The first kappa shape index (κ1) is 20.4. The van der Waals surface area contributed by atoms with Gasteiger partial charge in [-0.3, -0.25) is 20.0 Å². The van der Waals surface area contributed by atoms with Crippen molar-refractivity contribution < 1.29 is 14.0 Å². The maximum atomic E-state index is 14.6. The van der Waals surface area contributed by atoms with Crippen LogP contribution in [0.1, 0.15) is 16.1 Å². The highest BCUT2D eigenvalue weighted by Gasteiger charge is 2.30. The van der Waals surface area contributed by atoms with Crippen molar-refractivity contribution in [1.29, 1.82) is 5.41 Å². The molecule has 4 aromatic heterocycles. The number of aromatic nitrogens is 6. The fraction of sp³-hybridized carbons (Fsp3) is 0.190. The lowest BCUT2D eigenvalue weighted by Gasteiger charge is -2.35. The molecule has 12 heteroatoms. The van der Waals surface area contributed by atoms with E-state index in [0.29, 0.717) is 18.8 Å². The molecule has 4 aromatic rings. The number of rotatable bonds is 4. The maximum absolute atomic E-state index is 14.6. The van der Waals surface area contributed by atoms with Gasteiger partial charge in [0.2, 0.25) is 0 Å². The monoisotopic (exact) mass is 447 g/mol. The van der Waals surface area contributed by atoms with Crippen LogP contribution in [0.25, 0.3) is 16.7 Å². The number of nitrogens with zero attached hydrogens (tertiary/aromatic N) is 7. The van der Waals surface area contributed by atoms with Gasteiger partial charge in [-0.25, -0.2) is 14.1 Å². The molecule has 1 fully saturated rings. The number of piperazine rings is 1. The second-order valence-electron chi connectivity index (χ2n) is 7.40. The number of amides is 1. The summed E-state index contributed by atoms with van der Waals surface area (Å²) in [5.74, 6) is -1.74. The number of H-pyrrole nitrogens is 1. The number of carbonyl (C=O) groups excluding carboxylic acids is 2. The number of amidine groups is 1. The molecule has 5 rings (SSSR count). The Hall–Kier alpha value is -4.48. The Bertz CT molecular complexity index is 1340. The number of aromatic amines is 1. The predicted molar refractivity (Wildman–Crippen MR) is 115 cm³/mol. The number of hydrogen-bond donors (Lipinski definition) is 2. The number of nitrogens with one attached hydrogen (secondary N) is 2. The number of pyridine rings is 2. The zero-order chi connectivity index (χ0) is 22.9. The first-order valence-electron chi connectivity index (χ1n) is 10.2. The lowest BCUT2D eigenvalue weighted by Crippen LogP contribution is -2.52. The lowest BCUT2D eigenvalue weighted by molar-refractivity contribution is -0.127. The van der Waals surface area contributed by atoms with E-state index in [-0.39, 0.29) is 41.2 Å². The van der Waals surface area contributed by atoms with Crippen molar-refractivity contribution in [2.45, 2.75) is 0 Å². The second kappa shape index (κ2) is 8.22. The third-order valence-electron chi connectivity index (χ3n) is 5.51. The number of fused-ring (bicyclic) bond motifs is 1. The largest absolute Gasteiger partial charge is 0.357 e. The van der Waals surface area contributed by atoms with E-state index in [9.17, 15) is 14.0 Å². The quantitative estimate of drug-likeness (QED) is 0.206. The van der Waals surface area contributed by atoms with Gasteiger partial charge in [0.15, 0.2) is 11.6 Å². The topological polar surface area (TPSA) is 137 Å². The summed E-state index contributed by atoms with van der Waals surface area (Å²) in [7, 11) is 0. The number of hydrogen-bond acceptors (Lipinski definition) is 7. The first-order valence-corrected chi connectivity index (χ1v) is 10.2. The van der Waals surface area contributed by atoms with Crippen LogP contribution >= 0.6 is 0 Å². The summed E-state index contributed by atoms with van der Waals surface area (Å²) < 4.78 is 16.0. The summed E-state index contributed by atoms with van der Waals surface area (Å²) in [6.07, 6.45) is 6.89. The maximum Gasteiger partial charge on any atom is 0.295 e. The molecule has 166 valence electrons. The van der Waals surface area contributed by atoms with Gasteiger partial charge in [0.05, 0.1) is 35.1 Å². The minimum atomic E-state index is -0.816. The molecular weight excluding hydrogens is 429 g/mol. The fourth-order valence-corrected chi connectivity index (χ4v) is 3.83. The second-order valence-corrected chi connectivity index (χ2v) is 7.40. The van der Waals surface area contributed by atoms with E-state index in [2.05, 4.69) is 25.3 Å². The molecule has 1 saturated heterocycles. The van der Waals surface area contributed by atoms with Crippen molar-refractivity contribution in [3.63, 3.8) is 0 Å². The zero-order valence-electron chi connectivity index (χ0n) is 17.3. The van der Waals surface area contributed by atoms with Crippen molar-refractivity contribution in [2.75, 3.05) is 26.2 Å². The molecular formula is C21H18FN9O2. The van der Waals surface area contributed by atoms with Gasteiger partial charge >= 0.3 is 0 Å². The zero-order valence-corrected chi connectivity index (χ0v) is 17.3. The molecule has 0 aliphatic carbocycles. The van der Waals surface area contributed by atoms with Gasteiger partial charge < -0.3 is 14.8 Å². The molecule has 33 heavy (non-hydrogen) atoms. The summed E-state index contributed by atoms with van der Waals surface area (Å²) in [4.78, 5) is 40.2. The average Bonchev–Trinajstić information content (AvgIpc) is 3.55. The molecule has 0 atom stereocenters. The highest BCUT2D eigenvalue weighted by atomic mass is 19.1. The van der Waals surface area contributed by atoms with Crippen LogP contribution in [0, 0.1) is 11.2 Å². The molecule has 0 aromatic carbocycles.